The maximum atomic E-state index is 14.0. The summed E-state index contributed by atoms with van der Waals surface area (Å²) < 4.78 is 19.1. The molecular weight excluding hydrogens is 297 g/mol. The van der Waals surface area contributed by atoms with E-state index < -0.39 is 5.82 Å². The van der Waals surface area contributed by atoms with E-state index in [1.54, 1.807) is 24.3 Å². The normalized spacial score (nSPS) is 10.5. The van der Waals surface area contributed by atoms with E-state index in [9.17, 15) is 4.39 Å². The van der Waals surface area contributed by atoms with Gasteiger partial charge in [-0.3, -0.25) is 0 Å². The van der Waals surface area contributed by atoms with Gasteiger partial charge in [-0.1, -0.05) is 40.9 Å². The van der Waals surface area contributed by atoms with E-state index in [0.29, 0.717) is 21.4 Å². The summed E-state index contributed by atoms with van der Waals surface area (Å²) in [5.74, 6) is -0.124. The summed E-state index contributed by atoms with van der Waals surface area (Å²) in [7, 11) is 1.45. The van der Waals surface area contributed by atoms with Gasteiger partial charge in [-0.15, -0.1) is 0 Å². The van der Waals surface area contributed by atoms with Gasteiger partial charge in [0.15, 0.2) is 0 Å². The molecule has 0 saturated heterocycles. The first-order valence-corrected chi connectivity index (χ1v) is 6.16. The standard InChI is InChI=1S/C13H8Cl3FO/c1-18-10-4-2-3-9(17)12(10)11-7(14)5-6-8(15)13(11)16/h2-6H,1H3. The van der Waals surface area contributed by atoms with Crippen LogP contribution in [0.25, 0.3) is 11.1 Å². The molecule has 0 spiro atoms. The van der Waals surface area contributed by atoms with Crippen LogP contribution < -0.4 is 4.74 Å². The second kappa shape index (κ2) is 5.35. The van der Waals surface area contributed by atoms with Crippen LogP contribution in [0.5, 0.6) is 5.75 Å². The van der Waals surface area contributed by atoms with Crippen LogP contribution in [-0.4, -0.2) is 7.11 Å². The average molecular weight is 306 g/mol. The molecule has 0 aromatic heterocycles. The first-order valence-electron chi connectivity index (χ1n) is 5.02. The van der Waals surface area contributed by atoms with Crippen molar-refractivity contribution >= 4 is 34.8 Å². The third-order valence-electron chi connectivity index (χ3n) is 2.49. The Labute approximate surface area is 119 Å². The van der Waals surface area contributed by atoms with Crippen molar-refractivity contribution in [2.45, 2.75) is 0 Å². The van der Waals surface area contributed by atoms with Crippen LogP contribution in [-0.2, 0) is 0 Å². The van der Waals surface area contributed by atoms with Crippen LogP contribution in [0.2, 0.25) is 15.1 Å². The van der Waals surface area contributed by atoms with Crippen LogP contribution in [0.1, 0.15) is 0 Å². The molecule has 5 heteroatoms. The molecule has 0 unspecified atom stereocenters. The van der Waals surface area contributed by atoms with E-state index >= 15 is 0 Å². The van der Waals surface area contributed by atoms with Crippen molar-refractivity contribution in [3.63, 3.8) is 0 Å². The molecule has 0 N–H and O–H groups in total. The smallest absolute Gasteiger partial charge is 0.134 e. The van der Waals surface area contributed by atoms with E-state index in [-0.39, 0.29) is 10.6 Å². The fraction of sp³-hybridized carbons (Fsp3) is 0.0769. The molecule has 94 valence electrons. The van der Waals surface area contributed by atoms with Gasteiger partial charge in [-0.2, -0.15) is 0 Å². The summed E-state index contributed by atoms with van der Waals surface area (Å²) in [6, 6.07) is 7.61. The number of halogens is 4. The second-order valence-electron chi connectivity index (χ2n) is 3.54. The van der Waals surface area contributed by atoms with E-state index in [4.69, 9.17) is 39.5 Å². The summed E-state index contributed by atoms with van der Waals surface area (Å²) in [5.41, 5.74) is 0.540. The first-order chi connectivity index (χ1) is 8.56. The molecule has 0 saturated carbocycles. The molecule has 0 bridgehead atoms. The Balaban J connectivity index is 2.81. The molecule has 0 aliphatic heterocycles. The summed E-state index contributed by atoms with van der Waals surface area (Å²) in [5, 5.41) is 0.821. The van der Waals surface area contributed by atoms with Crippen LogP contribution in [0.4, 0.5) is 4.39 Å². The van der Waals surface area contributed by atoms with Gasteiger partial charge in [-0.05, 0) is 24.3 Å². The van der Waals surface area contributed by atoms with Crippen molar-refractivity contribution in [1.29, 1.82) is 0 Å². The lowest BCUT2D eigenvalue weighted by molar-refractivity contribution is 0.413. The predicted octanol–water partition coefficient (Wildman–Crippen LogP) is 5.46. The molecule has 2 rings (SSSR count). The minimum Gasteiger partial charge on any atom is -0.496 e. The largest absolute Gasteiger partial charge is 0.496 e. The van der Waals surface area contributed by atoms with Crippen LogP contribution in [0.3, 0.4) is 0 Å². The Morgan fingerprint density at radius 3 is 2.28 bits per heavy atom. The Hall–Kier alpha value is -0.960. The topological polar surface area (TPSA) is 9.23 Å². The van der Waals surface area contributed by atoms with Crippen molar-refractivity contribution in [2.24, 2.45) is 0 Å². The van der Waals surface area contributed by atoms with Gasteiger partial charge >= 0.3 is 0 Å². The fourth-order valence-electron chi connectivity index (χ4n) is 1.67. The molecule has 0 atom stereocenters. The maximum Gasteiger partial charge on any atom is 0.134 e. The number of methoxy groups -OCH3 is 1. The quantitative estimate of drug-likeness (QED) is 0.669. The second-order valence-corrected chi connectivity index (χ2v) is 4.73. The van der Waals surface area contributed by atoms with Gasteiger partial charge in [0.2, 0.25) is 0 Å². The zero-order valence-corrected chi connectivity index (χ0v) is 11.6. The first kappa shape index (κ1) is 13.5. The number of hydrogen-bond acceptors (Lipinski definition) is 1. The van der Waals surface area contributed by atoms with E-state index in [1.165, 1.54) is 13.2 Å². The number of ether oxygens (including phenoxy) is 1. The van der Waals surface area contributed by atoms with Gasteiger partial charge in [-0.25, -0.2) is 4.39 Å². The highest BCUT2D eigenvalue weighted by Crippen LogP contribution is 2.43. The summed E-state index contributed by atoms with van der Waals surface area (Å²) >= 11 is 18.1. The maximum absolute atomic E-state index is 14.0. The zero-order valence-electron chi connectivity index (χ0n) is 9.31. The SMILES string of the molecule is COc1cccc(F)c1-c1c(Cl)ccc(Cl)c1Cl. The fourth-order valence-corrected chi connectivity index (χ4v) is 2.39. The highest BCUT2D eigenvalue weighted by molar-refractivity contribution is 6.46. The number of rotatable bonds is 2. The highest BCUT2D eigenvalue weighted by Gasteiger charge is 2.19. The molecule has 0 fully saturated rings. The van der Waals surface area contributed by atoms with Gasteiger partial charge in [0.1, 0.15) is 11.6 Å². The van der Waals surface area contributed by atoms with Gasteiger partial charge in [0.25, 0.3) is 0 Å². The Bertz CT molecular complexity index is 599. The zero-order chi connectivity index (χ0) is 13.3. The van der Waals surface area contributed by atoms with Crippen LogP contribution >= 0.6 is 34.8 Å². The van der Waals surface area contributed by atoms with Gasteiger partial charge in [0.05, 0.1) is 27.7 Å². The highest BCUT2D eigenvalue weighted by atomic mass is 35.5. The lowest BCUT2D eigenvalue weighted by Gasteiger charge is -2.13. The summed E-state index contributed by atoms with van der Waals surface area (Å²) in [6.07, 6.45) is 0. The average Bonchev–Trinajstić information content (AvgIpc) is 2.36. The molecular formula is C13H8Cl3FO. The van der Waals surface area contributed by atoms with Crippen molar-refractivity contribution in [3.05, 3.63) is 51.2 Å². The third-order valence-corrected chi connectivity index (χ3v) is 3.61. The number of hydrogen-bond donors (Lipinski definition) is 0. The van der Waals surface area contributed by atoms with Crippen molar-refractivity contribution in [1.82, 2.24) is 0 Å². The minimum atomic E-state index is -0.472. The Kier molecular flexibility index (Phi) is 4.00. The molecule has 0 radical (unpaired) electrons. The monoisotopic (exact) mass is 304 g/mol. The molecule has 2 aromatic carbocycles. The van der Waals surface area contributed by atoms with Crippen LogP contribution in [0.15, 0.2) is 30.3 Å². The molecule has 1 nitrogen and oxygen atoms in total. The number of benzene rings is 2. The van der Waals surface area contributed by atoms with Crippen LogP contribution in [0, 0.1) is 5.82 Å². The summed E-state index contributed by atoms with van der Waals surface area (Å²) in [6.45, 7) is 0. The Morgan fingerprint density at radius 1 is 0.944 bits per heavy atom. The molecule has 18 heavy (non-hydrogen) atoms. The molecule has 0 aliphatic carbocycles. The Morgan fingerprint density at radius 2 is 1.61 bits per heavy atom. The van der Waals surface area contributed by atoms with Gasteiger partial charge < -0.3 is 4.74 Å². The van der Waals surface area contributed by atoms with E-state index in [2.05, 4.69) is 0 Å². The minimum absolute atomic E-state index is 0.201. The third kappa shape index (κ3) is 2.28. The van der Waals surface area contributed by atoms with Gasteiger partial charge in [0, 0.05) is 5.56 Å². The van der Waals surface area contributed by atoms with E-state index in [1.807, 2.05) is 0 Å². The molecule has 2 aromatic rings. The van der Waals surface area contributed by atoms with Crippen molar-refractivity contribution < 1.29 is 9.13 Å². The van der Waals surface area contributed by atoms with E-state index in [0.717, 1.165) is 0 Å². The molecule has 0 heterocycles. The lowest BCUT2D eigenvalue weighted by Crippen LogP contribution is -1.93. The summed E-state index contributed by atoms with van der Waals surface area (Å²) in [4.78, 5) is 0. The van der Waals surface area contributed by atoms with Crippen molar-refractivity contribution in [2.75, 3.05) is 7.11 Å². The lowest BCUT2D eigenvalue weighted by atomic mass is 10.0. The molecule has 0 amide bonds. The molecule has 0 aliphatic rings. The van der Waals surface area contributed by atoms with Crippen molar-refractivity contribution in [3.8, 4) is 16.9 Å². The predicted molar refractivity (Wildman–Crippen MR) is 73.4 cm³/mol.